The predicted octanol–water partition coefficient (Wildman–Crippen LogP) is 0.994. The Labute approximate surface area is 128 Å². The molecule has 1 fully saturated rings. The number of rotatable bonds is 5. The van der Waals surface area contributed by atoms with E-state index >= 15 is 0 Å². The van der Waals surface area contributed by atoms with Crippen molar-refractivity contribution in [2.75, 3.05) is 20.1 Å². The molecule has 2 unspecified atom stereocenters. The summed E-state index contributed by atoms with van der Waals surface area (Å²) in [6.07, 6.45) is 0.634. The van der Waals surface area contributed by atoms with Gasteiger partial charge in [0.15, 0.2) is 0 Å². The summed E-state index contributed by atoms with van der Waals surface area (Å²) in [7, 11) is -1.54. The van der Waals surface area contributed by atoms with E-state index in [-0.39, 0.29) is 22.6 Å². The maximum atomic E-state index is 12.4. The summed E-state index contributed by atoms with van der Waals surface area (Å²) in [6.45, 7) is 3.77. The molecular weight excluding hydrogens is 312 g/mol. The van der Waals surface area contributed by atoms with Gasteiger partial charge in [0.25, 0.3) is 0 Å². The predicted molar refractivity (Wildman–Crippen MR) is 81.0 cm³/mol. The van der Waals surface area contributed by atoms with Gasteiger partial charge in [0.2, 0.25) is 10.0 Å². The Kier molecular flexibility index (Phi) is 5.03. The van der Waals surface area contributed by atoms with Gasteiger partial charge in [-0.05, 0) is 38.1 Å². The monoisotopic (exact) mass is 332 g/mol. The summed E-state index contributed by atoms with van der Waals surface area (Å²) in [5.41, 5.74) is 0. The number of sulfonamides is 1. The van der Waals surface area contributed by atoms with E-state index in [9.17, 15) is 13.2 Å². The molecule has 2 atom stereocenters. The number of piperidine rings is 1. The van der Waals surface area contributed by atoms with Crippen LogP contribution in [0.15, 0.2) is 16.3 Å². The number of carboxylic acids is 1. The lowest BCUT2D eigenvalue weighted by molar-refractivity contribution is -0.136. The van der Waals surface area contributed by atoms with E-state index in [2.05, 4.69) is 9.62 Å². The SMILES string of the molecule is CC1CN(C)CCC1NS(=O)(=O)c1ccc(CC(=O)O)s1. The lowest BCUT2D eigenvalue weighted by Gasteiger charge is -2.34. The van der Waals surface area contributed by atoms with Crippen LogP contribution in [0.25, 0.3) is 0 Å². The molecule has 6 nitrogen and oxygen atoms in total. The van der Waals surface area contributed by atoms with E-state index in [0.29, 0.717) is 4.88 Å². The average Bonchev–Trinajstić information content (AvgIpc) is 2.81. The maximum absolute atomic E-state index is 12.4. The van der Waals surface area contributed by atoms with Crippen LogP contribution in [0.1, 0.15) is 18.2 Å². The van der Waals surface area contributed by atoms with Crippen molar-refractivity contribution in [1.82, 2.24) is 9.62 Å². The van der Waals surface area contributed by atoms with E-state index in [4.69, 9.17) is 5.11 Å². The molecule has 8 heteroatoms. The Morgan fingerprint density at radius 1 is 1.52 bits per heavy atom. The van der Waals surface area contributed by atoms with Crippen LogP contribution in [0.4, 0.5) is 0 Å². The van der Waals surface area contributed by atoms with Crippen molar-refractivity contribution in [2.24, 2.45) is 5.92 Å². The first kappa shape index (κ1) is 16.4. The molecule has 1 aliphatic heterocycles. The smallest absolute Gasteiger partial charge is 0.308 e. The first-order valence-electron chi connectivity index (χ1n) is 6.79. The molecule has 2 rings (SSSR count). The first-order chi connectivity index (χ1) is 9.78. The van der Waals surface area contributed by atoms with Gasteiger partial charge in [-0.3, -0.25) is 4.79 Å². The maximum Gasteiger partial charge on any atom is 0.308 e. The van der Waals surface area contributed by atoms with Crippen LogP contribution >= 0.6 is 11.3 Å². The number of hydrogen-bond donors (Lipinski definition) is 2. The van der Waals surface area contributed by atoms with E-state index in [1.807, 2.05) is 14.0 Å². The zero-order valence-corrected chi connectivity index (χ0v) is 13.7. The third-order valence-electron chi connectivity index (χ3n) is 3.64. The second-order valence-electron chi connectivity index (χ2n) is 5.55. The molecule has 1 saturated heterocycles. The van der Waals surface area contributed by atoms with Crippen molar-refractivity contribution in [2.45, 2.75) is 30.0 Å². The molecule has 1 aromatic rings. The summed E-state index contributed by atoms with van der Waals surface area (Å²) < 4.78 is 27.7. The van der Waals surface area contributed by atoms with Crippen molar-refractivity contribution in [3.8, 4) is 0 Å². The lowest BCUT2D eigenvalue weighted by atomic mass is 9.95. The molecule has 0 amide bonds. The standard InChI is InChI=1S/C13H20N2O4S2/c1-9-8-15(2)6-5-11(9)14-21(18,19)13-4-3-10(20-13)7-12(16)17/h3-4,9,11,14H,5-8H2,1-2H3,(H,16,17). The van der Waals surface area contributed by atoms with Gasteiger partial charge in [-0.2, -0.15) is 0 Å². The minimum atomic E-state index is -3.57. The van der Waals surface area contributed by atoms with Crippen molar-refractivity contribution in [1.29, 1.82) is 0 Å². The molecule has 0 spiro atoms. The van der Waals surface area contributed by atoms with E-state index in [1.54, 1.807) is 6.07 Å². The van der Waals surface area contributed by atoms with Crippen molar-refractivity contribution >= 4 is 27.3 Å². The van der Waals surface area contributed by atoms with Gasteiger partial charge >= 0.3 is 5.97 Å². The molecule has 0 saturated carbocycles. The number of thiophene rings is 1. The minimum Gasteiger partial charge on any atom is -0.481 e. The third kappa shape index (κ3) is 4.26. The van der Waals surface area contributed by atoms with E-state index < -0.39 is 16.0 Å². The third-order valence-corrected chi connectivity index (χ3v) is 6.71. The number of nitrogens with zero attached hydrogens (tertiary/aromatic N) is 1. The van der Waals surface area contributed by atoms with Crippen LogP contribution in [0.2, 0.25) is 0 Å². The van der Waals surface area contributed by atoms with Crippen molar-refractivity contribution < 1.29 is 18.3 Å². The highest BCUT2D eigenvalue weighted by Crippen LogP contribution is 2.24. The van der Waals surface area contributed by atoms with Gasteiger partial charge < -0.3 is 10.0 Å². The molecule has 0 radical (unpaired) electrons. The van der Waals surface area contributed by atoms with E-state index in [1.165, 1.54) is 6.07 Å². The Balaban J connectivity index is 2.07. The average molecular weight is 332 g/mol. The first-order valence-corrected chi connectivity index (χ1v) is 9.09. The zero-order valence-electron chi connectivity index (χ0n) is 12.1. The summed E-state index contributed by atoms with van der Waals surface area (Å²) in [5, 5.41) is 8.74. The van der Waals surface area contributed by atoms with Crippen LogP contribution in [0, 0.1) is 5.92 Å². The summed E-state index contributed by atoms with van der Waals surface area (Å²) in [6, 6.07) is 2.97. The second-order valence-corrected chi connectivity index (χ2v) is 8.66. The van der Waals surface area contributed by atoms with E-state index in [0.717, 1.165) is 30.8 Å². The molecular formula is C13H20N2O4S2. The van der Waals surface area contributed by atoms with Crippen LogP contribution < -0.4 is 4.72 Å². The van der Waals surface area contributed by atoms with Crippen molar-refractivity contribution in [3.63, 3.8) is 0 Å². The number of aliphatic carboxylic acids is 1. The Morgan fingerprint density at radius 3 is 2.86 bits per heavy atom. The van der Waals surface area contributed by atoms with Crippen molar-refractivity contribution in [3.05, 3.63) is 17.0 Å². The van der Waals surface area contributed by atoms with Gasteiger partial charge in [-0.15, -0.1) is 11.3 Å². The fraction of sp³-hybridized carbons (Fsp3) is 0.615. The molecule has 2 N–H and O–H groups in total. The van der Waals surface area contributed by atoms with Gasteiger partial charge in [0.1, 0.15) is 4.21 Å². The molecule has 118 valence electrons. The highest BCUT2D eigenvalue weighted by molar-refractivity contribution is 7.91. The highest BCUT2D eigenvalue weighted by atomic mass is 32.2. The number of nitrogens with one attached hydrogen (secondary N) is 1. The highest BCUT2D eigenvalue weighted by Gasteiger charge is 2.29. The molecule has 0 aliphatic carbocycles. The van der Waals surface area contributed by atoms with Crippen LogP contribution in [0.5, 0.6) is 0 Å². The summed E-state index contributed by atoms with van der Waals surface area (Å²) in [4.78, 5) is 13.4. The fourth-order valence-electron chi connectivity index (χ4n) is 2.53. The second kappa shape index (κ2) is 6.43. The summed E-state index contributed by atoms with van der Waals surface area (Å²) >= 11 is 1.02. The van der Waals surface area contributed by atoms with Gasteiger partial charge in [-0.1, -0.05) is 6.92 Å². The number of carboxylic acid groups (broad SMARTS) is 1. The number of carbonyl (C=O) groups is 1. The molecule has 1 aliphatic rings. The van der Waals surface area contributed by atoms with Crippen LogP contribution in [-0.4, -0.2) is 50.6 Å². The largest absolute Gasteiger partial charge is 0.481 e. The Hall–Kier alpha value is -0.960. The quantitative estimate of drug-likeness (QED) is 0.840. The van der Waals surface area contributed by atoms with Crippen LogP contribution in [0.3, 0.4) is 0 Å². The normalized spacial score (nSPS) is 24.1. The Bertz CT molecular complexity index is 611. The molecule has 0 bridgehead atoms. The molecule has 1 aromatic heterocycles. The molecule has 2 heterocycles. The number of hydrogen-bond acceptors (Lipinski definition) is 5. The van der Waals surface area contributed by atoms with Crippen LogP contribution in [-0.2, 0) is 21.2 Å². The lowest BCUT2D eigenvalue weighted by Crippen LogP contribution is -2.48. The Morgan fingerprint density at radius 2 is 2.24 bits per heavy atom. The van der Waals surface area contributed by atoms with Gasteiger partial charge in [-0.25, -0.2) is 13.1 Å². The number of likely N-dealkylation sites (tertiary alicyclic amines) is 1. The minimum absolute atomic E-state index is 0.0729. The topological polar surface area (TPSA) is 86.7 Å². The van der Waals surface area contributed by atoms with Gasteiger partial charge in [0.05, 0.1) is 6.42 Å². The fourth-order valence-corrected chi connectivity index (χ4v) is 5.28. The summed E-state index contributed by atoms with van der Waals surface area (Å²) in [5.74, 6) is -0.713. The zero-order chi connectivity index (χ0) is 15.6. The molecule has 21 heavy (non-hydrogen) atoms. The molecule has 0 aromatic carbocycles. The van der Waals surface area contributed by atoms with Gasteiger partial charge in [0, 0.05) is 17.5 Å².